The number of anilines is 1. The summed E-state index contributed by atoms with van der Waals surface area (Å²) in [6, 6.07) is 1.65. The predicted octanol–water partition coefficient (Wildman–Crippen LogP) is -0.294. The van der Waals surface area contributed by atoms with Crippen molar-refractivity contribution in [3.05, 3.63) is 22.6 Å². The van der Waals surface area contributed by atoms with Crippen LogP contribution in [-0.2, 0) is 16.0 Å². The van der Waals surface area contributed by atoms with Crippen molar-refractivity contribution in [1.29, 1.82) is 0 Å². The van der Waals surface area contributed by atoms with Crippen molar-refractivity contribution in [3.63, 3.8) is 0 Å². The van der Waals surface area contributed by atoms with Gasteiger partial charge in [0.1, 0.15) is 0 Å². The summed E-state index contributed by atoms with van der Waals surface area (Å²) >= 11 is 0. The van der Waals surface area contributed by atoms with Gasteiger partial charge in [-0.25, -0.2) is 4.68 Å². The highest BCUT2D eigenvalue weighted by Crippen LogP contribution is 2.11. The van der Waals surface area contributed by atoms with Crippen LogP contribution in [0.3, 0.4) is 0 Å². The molecule has 1 saturated heterocycles. The maximum absolute atomic E-state index is 12.0. The van der Waals surface area contributed by atoms with Gasteiger partial charge in [0.05, 0.1) is 38.2 Å². The molecule has 0 atom stereocenters. The first-order valence-corrected chi connectivity index (χ1v) is 7.49. The summed E-state index contributed by atoms with van der Waals surface area (Å²) in [5.74, 6) is 0. The summed E-state index contributed by atoms with van der Waals surface area (Å²) in [7, 11) is 0. The Hall–Kier alpha value is -1.44. The molecule has 0 radical (unpaired) electrons. The van der Waals surface area contributed by atoms with Crippen molar-refractivity contribution >= 4 is 5.69 Å². The molecule has 1 aliphatic rings. The molecule has 1 aromatic rings. The highest BCUT2D eigenvalue weighted by molar-refractivity contribution is 5.43. The number of aromatic nitrogens is 2. The second-order valence-corrected chi connectivity index (χ2v) is 4.82. The largest absolute Gasteiger partial charge is 0.380 e. The molecule has 1 aromatic heterocycles. The first kappa shape index (κ1) is 15.9. The van der Waals surface area contributed by atoms with Crippen LogP contribution in [0.5, 0.6) is 0 Å². The second-order valence-electron chi connectivity index (χ2n) is 4.82. The Kier molecular flexibility index (Phi) is 6.65. The first-order chi connectivity index (χ1) is 10.3. The third-order valence-electron chi connectivity index (χ3n) is 3.36. The molecule has 21 heavy (non-hydrogen) atoms. The lowest BCUT2D eigenvalue weighted by molar-refractivity contribution is 0.122. The molecule has 0 unspecified atom stereocenters. The van der Waals surface area contributed by atoms with Gasteiger partial charge in [0.2, 0.25) is 0 Å². The number of ether oxygens (including phenoxy) is 2. The molecule has 2 rings (SSSR count). The highest BCUT2D eigenvalue weighted by atomic mass is 16.5. The van der Waals surface area contributed by atoms with Gasteiger partial charge >= 0.3 is 0 Å². The first-order valence-electron chi connectivity index (χ1n) is 7.49. The number of morpholine rings is 1. The monoisotopic (exact) mass is 296 g/mol. The van der Waals surface area contributed by atoms with Gasteiger partial charge in [-0.05, 0) is 6.92 Å². The van der Waals surface area contributed by atoms with Crippen LogP contribution in [0.25, 0.3) is 0 Å². The zero-order valence-electron chi connectivity index (χ0n) is 12.6. The molecule has 0 amide bonds. The summed E-state index contributed by atoms with van der Waals surface area (Å²) in [4.78, 5) is 14.2. The number of hydrogen-bond donors (Lipinski definition) is 1. The van der Waals surface area contributed by atoms with Gasteiger partial charge in [0.25, 0.3) is 5.56 Å². The van der Waals surface area contributed by atoms with Crippen molar-refractivity contribution in [2.75, 3.05) is 57.5 Å². The molecular formula is C14H24N4O3. The van der Waals surface area contributed by atoms with E-state index in [0.717, 1.165) is 31.9 Å². The fraction of sp³-hybridized carbons (Fsp3) is 0.714. The van der Waals surface area contributed by atoms with Crippen LogP contribution in [0.1, 0.15) is 6.92 Å². The number of nitrogens with zero attached hydrogens (tertiary/aromatic N) is 3. The van der Waals surface area contributed by atoms with Crippen LogP contribution in [-0.4, -0.2) is 62.4 Å². The number of hydrogen-bond acceptors (Lipinski definition) is 6. The van der Waals surface area contributed by atoms with Gasteiger partial charge in [-0.2, -0.15) is 5.10 Å². The molecule has 1 fully saturated rings. The lowest BCUT2D eigenvalue weighted by atomic mass is 10.3. The van der Waals surface area contributed by atoms with Gasteiger partial charge in [0.15, 0.2) is 0 Å². The molecule has 118 valence electrons. The predicted molar refractivity (Wildman–Crippen MR) is 80.9 cm³/mol. The van der Waals surface area contributed by atoms with E-state index in [1.165, 1.54) is 4.68 Å². The zero-order chi connectivity index (χ0) is 14.9. The summed E-state index contributed by atoms with van der Waals surface area (Å²) in [5.41, 5.74) is 0.814. The minimum Gasteiger partial charge on any atom is -0.380 e. The van der Waals surface area contributed by atoms with Crippen molar-refractivity contribution < 1.29 is 9.47 Å². The third kappa shape index (κ3) is 5.11. The average Bonchev–Trinajstić information content (AvgIpc) is 2.53. The minimum atomic E-state index is -0.0643. The van der Waals surface area contributed by atoms with Gasteiger partial charge in [-0.1, -0.05) is 0 Å². The second kappa shape index (κ2) is 8.76. The van der Waals surface area contributed by atoms with Crippen molar-refractivity contribution in [3.8, 4) is 0 Å². The smallest absolute Gasteiger partial charge is 0.268 e. The van der Waals surface area contributed by atoms with E-state index in [4.69, 9.17) is 9.47 Å². The van der Waals surface area contributed by atoms with E-state index in [0.29, 0.717) is 32.9 Å². The van der Waals surface area contributed by atoms with Gasteiger partial charge in [0, 0.05) is 38.9 Å². The van der Waals surface area contributed by atoms with Gasteiger partial charge in [-0.15, -0.1) is 0 Å². The zero-order valence-corrected chi connectivity index (χ0v) is 12.6. The fourth-order valence-corrected chi connectivity index (χ4v) is 2.19. The maximum Gasteiger partial charge on any atom is 0.268 e. The normalized spacial score (nSPS) is 15.4. The summed E-state index contributed by atoms with van der Waals surface area (Å²) < 4.78 is 12.0. The average molecular weight is 296 g/mol. The quantitative estimate of drug-likeness (QED) is 0.665. The van der Waals surface area contributed by atoms with E-state index >= 15 is 0 Å². The van der Waals surface area contributed by atoms with E-state index < -0.39 is 0 Å². The molecule has 1 aliphatic heterocycles. The molecule has 0 aromatic carbocycles. The molecular weight excluding hydrogens is 272 g/mol. The molecule has 0 saturated carbocycles. The van der Waals surface area contributed by atoms with Crippen LogP contribution in [0.15, 0.2) is 17.1 Å². The van der Waals surface area contributed by atoms with Gasteiger partial charge in [-0.3, -0.25) is 4.79 Å². The molecule has 7 nitrogen and oxygen atoms in total. The SMILES string of the molecule is CCOCCNCCn1ncc(N2CCOCC2)cc1=O. The lowest BCUT2D eigenvalue weighted by Gasteiger charge is -2.28. The topological polar surface area (TPSA) is 68.6 Å². The Morgan fingerprint density at radius 3 is 2.90 bits per heavy atom. The lowest BCUT2D eigenvalue weighted by Crippen LogP contribution is -2.38. The Morgan fingerprint density at radius 2 is 2.19 bits per heavy atom. The van der Waals surface area contributed by atoms with Crippen LogP contribution in [0.4, 0.5) is 5.69 Å². The Balaban J connectivity index is 1.80. The van der Waals surface area contributed by atoms with E-state index in [1.807, 2.05) is 6.92 Å². The van der Waals surface area contributed by atoms with E-state index in [1.54, 1.807) is 12.3 Å². The number of rotatable bonds is 8. The van der Waals surface area contributed by atoms with Crippen molar-refractivity contribution in [2.45, 2.75) is 13.5 Å². The third-order valence-corrected chi connectivity index (χ3v) is 3.36. The van der Waals surface area contributed by atoms with Crippen LogP contribution in [0, 0.1) is 0 Å². The highest BCUT2D eigenvalue weighted by Gasteiger charge is 2.12. The van der Waals surface area contributed by atoms with Crippen LogP contribution < -0.4 is 15.8 Å². The maximum atomic E-state index is 12.0. The molecule has 0 spiro atoms. The molecule has 0 bridgehead atoms. The van der Waals surface area contributed by atoms with Crippen molar-refractivity contribution in [2.24, 2.45) is 0 Å². The van der Waals surface area contributed by atoms with Gasteiger partial charge < -0.3 is 19.7 Å². The van der Waals surface area contributed by atoms with E-state index in [-0.39, 0.29) is 5.56 Å². The van der Waals surface area contributed by atoms with Crippen molar-refractivity contribution in [1.82, 2.24) is 15.1 Å². The summed E-state index contributed by atoms with van der Waals surface area (Å²) in [6.45, 7) is 8.47. The molecule has 2 heterocycles. The molecule has 7 heteroatoms. The molecule has 1 N–H and O–H groups in total. The molecule has 0 aliphatic carbocycles. The summed E-state index contributed by atoms with van der Waals surface area (Å²) in [6.07, 6.45) is 1.76. The standard InChI is InChI=1S/C14H24N4O3/c1-2-20-8-4-15-3-5-18-14(19)11-13(12-16-18)17-6-9-21-10-7-17/h11-12,15H,2-10H2,1H3. The Morgan fingerprint density at radius 1 is 1.38 bits per heavy atom. The summed E-state index contributed by atoms with van der Waals surface area (Å²) in [5, 5.41) is 7.46. The Bertz CT molecular complexity index is 472. The van der Waals surface area contributed by atoms with Crippen LogP contribution in [0.2, 0.25) is 0 Å². The van der Waals surface area contributed by atoms with Crippen LogP contribution >= 0.6 is 0 Å². The number of nitrogens with one attached hydrogen (secondary N) is 1. The van der Waals surface area contributed by atoms with E-state index in [2.05, 4.69) is 15.3 Å². The van der Waals surface area contributed by atoms with E-state index in [9.17, 15) is 4.79 Å². The minimum absolute atomic E-state index is 0.0643. The fourth-order valence-electron chi connectivity index (χ4n) is 2.19. The Labute approximate surface area is 124 Å².